The average Bonchev–Trinajstić information content (AvgIpc) is 3.31. The summed E-state index contributed by atoms with van der Waals surface area (Å²) in [5.41, 5.74) is 7.99. The Hall–Kier alpha value is -4.08. The Balaban J connectivity index is 1.06. The first-order chi connectivity index (χ1) is 19.7. The first kappa shape index (κ1) is 26.2. The number of nitrogens with one attached hydrogen (secondary N) is 2. The van der Waals surface area contributed by atoms with Crippen LogP contribution in [0.25, 0.3) is 11.1 Å². The smallest absolute Gasteiger partial charge is 0.411 e. The number of rotatable bonds is 6. The summed E-state index contributed by atoms with van der Waals surface area (Å²) in [6, 6.07) is 31.7. The molecule has 0 bridgehead atoms. The topological polar surface area (TPSA) is 78.3 Å². The molecule has 40 heavy (non-hydrogen) atoms. The maximum absolute atomic E-state index is 12.7. The summed E-state index contributed by atoms with van der Waals surface area (Å²) in [6.07, 6.45) is -0.480. The number of amides is 1. The maximum Gasteiger partial charge on any atom is 0.411 e. The van der Waals surface area contributed by atoms with Crippen LogP contribution in [0.1, 0.15) is 17.0 Å². The molecule has 0 unspecified atom stereocenters. The number of carbonyl (C=O) groups excluding carboxylic acids is 1. The zero-order valence-electron chi connectivity index (χ0n) is 21.1. The minimum Gasteiger partial charge on any atom is -0.448 e. The number of fused-ring (bicyclic) bond motifs is 3. The van der Waals surface area contributed by atoms with E-state index in [1.165, 1.54) is 22.3 Å². The molecule has 0 fully saturated rings. The van der Waals surface area contributed by atoms with E-state index < -0.39 is 6.09 Å². The normalized spacial score (nSPS) is 13.9. The predicted molar refractivity (Wildman–Crippen MR) is 170 cm³/mol. The van der Waals surface area contributed by atoms with E-state index in [2.05, 4.69) is 57.3 Å². The Morgan fingerprint density at radius 3 is 2.27 bits per heavy atom. The first-order valence-corrected chi connectivity index (χ1v) is 15.2. The van der Waals surface area contributed by atoms with Gasteiger partial charge in [-0.25, -0.2) is 4.79 Å². The van der Waals surface area contributed by atoms with Gasteiger partial charge in [0.1, 0.15) is 6.61 Å². The van der Waals surface area contributed by atoms with Gasteiger partial charge in [0, 0.05) is 17.3 Å². The molecule has 1 amide bonds. The molecule has 1 heterocycles. The van der Waals surface area contributed by atoms with E-state index in [1.807, 2.05) is 77.8 Å². The third-order valence-electron chi connectivity index (χ3n) is 6.57. The molecule has 0 spiro atoms. The van der Waals surface area contributed by atoms with Gasteiger partial charge in [-0.2, -0.15) is 4.99 Å². The van der Waals surface area contributed by atoms with Crippen LogP contribution in [0.3, 0.4) is 0 Å². The minimum absolute atomic E-state index is 0.0208. The van der Waals surface area contributed by atoms with Gasteiger partial charge in [0.05, 0.1) is 22.4 Å². The van der Waals surface area contributed by atoms with Crippen LogP contribution in [0, 0.1) is 0 Å². The number of amidine groups is 1. The number of benzene rings is 4. The monoisotopic (exact) mass is 581 g/mol. The number of thiocarbonyl (C=S) groups is 1. The molecule has 1 aliphatic heterocycles. The van der Waals surface area contributed by atoms with Crippen molar-refractivity contribution in [2.75, 3.05) is 28.1 Å². The van der Waals surface area contributed by atoms with Crippen molar-refractivity contribution in [1.82, 2.24) is 0 Å². The third-order valence-corrected chi connectivity index (χ3v) is 8.62. The van der Waals surface area contributed by atoms with Crippen molar-refractivity contribution < 1.29 is 9.53 Å². The quantitative estimate of drug-likeness (QED) is 0.135. The number of aliphatic imine (C=N–C) groups is 1. The number of hydrogen-bond donors (Lipinski definition) is 2. The number of hydrogen-bond acceptors (Lipinski definition) is 9. The van der Waals surface area contributed by atoms with Gasteiger partial charge in [-0.3, -0.25) is 10.3 Å². The van der Waals surface area contributed by atoms with Crippen molar-refractivity contribution in [1.29, 1.82) is 0 Å². The zero-order valence-corrected chi connectivity index (χ0v) is 23.6. The number of ether oxygens (including phenoxy) is 1. The number of nitrogens with zero attached hydrogens (tertiary/aromatic N) is 3. The summed E-state index contributed by atoms with van der Waals surface area (Å²) in [7, 11) is 3.26. The molecule has 0 radical (unpaired) electrons. The number of isothiocyanates is 1. The molecular formula is C30H23N5O2S3. The Morgan fingerprint density at radius 1 is 0.950 bits per heavy atom. The Bertz CT molecular complexity index is 1570. The fraction of sp³-hybridized carbons (Fsp3) is 0.100. The van der Waals surface area contributed by atoms with Crippen molar-refractivity contribution in [3.63, 3.8) is 0 Å². The van der Waals surface area contributed by atoms with Crippen LogP contribution in [0.15, 0.2) is 107 Å². The van der Waals surface area contributed by atoms with Gasteiger partial charge in [-0.15, -0.1) is 5.10 Å². The lowest BCUT2D eigenvalue weighted by Crippen LogP contribution is -2.23. The van der Waals surface area contributed by atoms with Gasteiger partial charge < -0.3 is 10.1 Å². The van der Waals surface area contributed by atoms with E-state index in [0.29, 0.717) is 11.6 Å². The summed E-state index contributed by atoms with van der Waals surface area (Å²) < 4.78 is 5.67. The molecule has 4 aromatic carbocycles. The van der Waals surface area contributed by atoms with E-state index in [9.17, 15) is 4.79 Å². The van der Waals surface area contributed by atoms with Crippen LogP contribution in [-0.4, -0.2) is 28.9 Å². The number of carbonyl (C=O) groups is 1. The van der Waals surface area contributed by atoms with Crippen LogP contribution in [0.2, 0.25) is 0 Å². The molecule has 4 aromatic rings. The summed E-state index contributed by atoms with van der Waals surface area (Å²) in [5.74, 6) is 0.713. The van der Waals surface area contributed by atoms with E-state index in [1.54, 1.807) is 21.6 Å². The second-order valence-electron chi connectivity index (χ2n) is 9.01. The second kappa shape index (κ2) is 12.0. The fourth-order valence-corrected chi connectivity index (χ4v) is 6.62. The van der Waals surface area contributed by atoms with Crippen LogP contribution in [-0.2, 0) is 4.74 Å². The third kappa shape index (κ3) is 5.76. The summed E-state index contributed by atoms with van der Waals surface area (Å²) in [4.78, 5) is 16.6. The largest absolute Gasteiger partial charge is 0.448 e. The SMILES string of the molecule is O=C(Nc1ccc(N2CSSC(Nc3ccc(N=C=S)cc3)=N2)cc1)OCC1c2ccccc2-c2ccccc21. The van der Waals surface area contributed by atoms with Crippen LogP contribution in [0.5, 0.6) is 0 Å². The fourth-order valence-electron chi connectivity index (χ4n) is 4.73. The van der Waals surface area contributed by atoms with Gasteiger partial charge >= 0.3 is 6.09 Å². The minimum atomic E-state index is -0.480. The summed E-state index contributed by atoms with van der Waals surface area (Å²) in [6.45, 7) is 0.271. The van der Waals surface area contributed by atoms with E-state index in [4.69, 9.17) is 9.84 Å². The molecule has 0 atom stereocenters. The predicted octanol–water partition coefficient (Wildman–Crippen LogP) is 8.32. The molecule has 2 aliphatic rings. The molecule has 7 nitrogen and oxygen atoms in total. The molecule has 1 aliphatic carbocycles. The van der Waals surface area contributed by atoms with Gasteiger partial charge in [-0.05, 0) is 93.8 Å². The molecular weight excluding hydrogens is 559 g/mol. The molecule has 2 N–H and O–H groups in total. The van der Waals surface area contributed by atoms with E-state index >= 15 is 0 Å². The zero-order chi connectivity index (χ0) is 27.3. The highest BCUT2D eigenvalue weighted by molar-refractivity contribution is 8.82. The van der Waals surface area contributed by atoms with Gasteiger partial charge in [-0.1, -0.05) is 59.3 Å². The Kier molecular flexibility index (Phi) is 7.83. The van der Waals surface area contributed by atoms with Crippen molar-refractivity contribution in [2.24, 2.45) is 10.1 Å². The molecule has 0 saturated heterocycles. The van der Waals surface area contributed by atoms with E-state index in [0.717, 1.165) is 22.2 Å². The lowest BCUT2D eigenvalue weighted by molar-refractivity contribution is 0.158. The number of hydrazone groups is 1. The first-order valence-electron chi connectivity index (χ1n) is 12.5. The highest BCUT2D eigenvalue weighted by atomic mass is 33.1. The van der Waals surface area contributed by atoms with Gasteiger partial charge in [0.2, 0.25) is 0 Å². The van der Waals surface area contributed by atoms with Crippen LogP contribution in [0.4, 0.5) is 27.5 Å². The maximum atomic E-state index is 12.7. The highest BCUT2D eigenvalue weighted by Crippen LogP contribution is 2.44. The van der Waals surface area contributed by atoms with Gasteiger partial charge in [0.15, 0.2) is 5.17 Å². The lowest BCUT2D eigenvalue weighted by atomic mass is 9.98. The summed E-state index contributed by atoms with van der Waals surface area (Å²) >= 11 is 4.65. The van der Waals surface area contributed by atoms with Crippen LogP contribution < -0.4 is 15.6 Å². The summed E-state index contributed by atoms with van der Waals surface area (Å²) in [5, 5.41) is 15.9. The number of anilines is 3. The van der Waals surface area contributed by atoms with Gasteiger partial charge in [0.25, 0.3) is 0 Å². The molecule has 0 aromatic heterocycles. The van der Waals surface area contributed by atoms with Crippen molar-refractivity contribution in [3.8, 4) is 11.1 Å². The Labute approximate surface area is 245 Å². The molecule has 10 heteroatoms. The molecule has 0 saturated carbocycles. The highest BCUT2D eigenvalue weighted by Gasteiger charge is 2.29. The standard InChI is InChI=1S/C30H23N5O2S3/c36-30(37-17-28-26-7-3-1-5-24(26)25-6-2-4-8-27(25)28)33-22-13-15-23(16-14-22)35-19-39-40-29(34-35)32-21-11-9-20(10-12-21)31-18-38/h1-16,28H,17,19H2,(H,32,34)(H,33,36). The second-order valence-corrected chi connectivity index (χ2v) is 11.4. The molecule has 198 valence electrons. The van der Waals surface area contributed by atoms with Crippen molar-refractivity contribution in [3.05, 3.63) is 108 Å². The lowest BCUT2D eigenvalue weighted by Gasteiger charge is -2.24. The van der Waals surface area contributed by atoms with E-state index in [-0.39, 0.29) is 12.5 Å². The van der Waals surface area contributed by atoms with Crippen molar-refractivity contribution >= 4 is 73.0 Å². The van der Waals surface area contributed by atoms with Crippen LogP contribution >= 0.6 is 33.8 Å². The Morgan fingerprint density at radius 2 is 1.60 bits per heavy atom. The van der Waals surface area contributed by atoms with Crippen molar-refractivity contribution in [2.45, 2.75) is 5.92 Å². The molecule has 6 rings (SSSR count). The average molecular weight is 582 g/mol.